The van der Waals surface area contributed by atoms with Gasteiger partial charge in [-0.3, -0.25) is 9.78 Å². The molecule has 21 heavy (non-hydrogen) atoms. The molecule has 3 rings (SSSR count). The first-order chi connectivity index (χ1) is 10.0. The van der Waals surface area contributed by atoms with E-state index in [1.54, 1.807) is 0 Å². The summed E-state index contributed by atoms with van der Waals surface area (Å²) in [5, 5.41) is 0. The van der Waals surface area contributed by atoms with Gasteiger partial charge in [0.05, 0.1) is 5.69 Å². The highest BCUT2D eigenvalue weighted by molar-refractivity contribution is 5.56. The van der Waals surface area contributed by atoms with Gasteiger partial charge in [-0.2, -0.15) is 0 Å². The third-order valence-electron chi connectivity index (χ3n) is 4.29. The average molecular weight is 283 g/mol. The van der Waals surface area contributed by atoms with E-state index in [0.29, 0.717) is 11.7 Å². The number of aromatic nitrogens is 3. The molecule has 0 aliphatic heterocycles. The van der Waals surface area contributed by atoms with Crippen LogP contribution in [0, 0.1) is 20.8 Å². The molecule has 1 N–H and O–H groups in total. The Labute approximate surface area is 124 Å². The molecular weight excluding hydrogens is 262 g/mol. The summed E-state index contributed by atoms with van der Waals surface area (Å²) >= 11 is 0. The number of aromatic amines is 1. The number of hydrogen-bond donors (Lipinski definition) is 1. The van der Waals surface area contributed by atoms with Crippen molar-refractivity contribution in [3.63, 3.8) is 0 Å². The topological polar surface area (TPSA) is 58.6 Å². The minimum atomic E-state index is -0.0194. The van der Waals surface area contributed by atoms with Crippen LogP contribution in [0.3, 0.4) is 0 Å². The van der Waals surface area contributed by atoms with Crippen molar-refractivity contribution >= 4 is 0 Å². The zero-order valence-corrected chi connectivity index (χ0v) is 12.9. The summed E-state index contributed by atoms with van der Waals surface area (Å²) in [4.78, 5) is 24.3. The highest BCUT2D eigenvalue weighted by atomic mass is 16.1. The second-order valence-corrected chi connectivity index (χ2v) is 6.04. The maximum Gasteiger partial charge on any atom is 0.254 e. The summed E-state index contributed by atoms with van der Waals surface area (Å²) < 4.78 is 0. The van der Waals surface area contributed by atoms with E-state index in [0.717, 1.165) is 41.1 Å². The predicted molar refractivity (Wildman–Crippen MR) is 83.5 cm³/mol. The van der Waals surface area contributed by atoms with Gasteiger partial charge in [0, 0.05) is 28.4 Å². The number of nitrogens with one attached hydrogen (secondary N) is 1. The summed E-state index contributed by atoms with van der Waals surface area (Å²) in [6.07, 6.45) is 4.76. The van der Waals surface area contributed by atoms with Crippen molar-refractivity contribution in [1.29, 1.82) is 0 Å². The highest BCUT2D eigenvalue weighted by Crippen LogP contribution is 2.34. The van der Waals surface area contributed by atoms with Gasteiger partial charge >= 0.3 is 0 Å². The first-order valence-electron chi connectivity index (χ1n) is 7.61. The van der Waals surface area contributed by atoms with Gasteiger partial charge in [-0.25, -0.2) is 4.98 Å². The third-order valence-corrected chi connectivity index (χ3v) is 4.29. The van der Waals surface area contributed by atoms with Crippen LogP contribution >= 0.6 is 0 Å². The summed E-state index contributed by atoms with van der Waals surface area (Å²) in [5.41, 5.74) is 4.56. The van der Waals surface area contributed by atoms with Crippen molar-refractivity contribution < 1.29 is 0 Å². The van der Waals surface area contributed by atoms with Gasteiger partial charge in [0.25, 0.3) is 5.56 Å². The molecule has 1 saturated carbocycles. The average Bonchev–Trinajstić information content (AvgIpc) is 2.94. The fourth-order valence-electron chi connectivity index (χ4n) is 3.25. The molecule has 1 aliphatic rings. The normalized spacial score (nSPS) is 15.6. The third kappa shape index (κ3) is 2.75. The van der Waals surface area contributed by atoms with Crippen LogP contribution in [0.4, 0.5) is 0 Å². The zero-order valence-electron chi connectivity index (χ0n) is 12.9. The Hall–Kier alpha value is -1.97. The molecule has 0 amide bonds. The molecule has 0 unspecified atom stereocenters. The SMILES string of the molecule is Cc1cc(-c2nc(C3CCCC3)c(C)c(=O)[nH]2)cc(C)n1. The van der Waals surface area contributed by atoms with Gasteiger partial charge in [0.1, 0.15) is 5.82 Å². The van der Waals surface area contributed by atoms with E-state index in [1.807, 2.05) is 32.9 Å². The Morgan fingerprint density at radius 1 is 1.05 bits per heavy atom. The Bertz CT molecular complexity index is 707. The minimum Gasteiger partial charge on any atom is -0.306 e. The molecule has 0 saturated heterocycles. The number of pyridine rings is 1. The largest absolute Gasteiger partial charge is 0.306 e. The van der Waals surface area contributed by atoms with Gasteiger partial charge in [-0.1, -0.05) is 12.8 Å². The lowest BCUT2D eigenvalue weighted by molar-refractivity contribution is 0.686. The van der Waals surface area contributed by atoms with E-state index in [9.17, 15) is 4.79 Å². The van der Waals surface area contributed by atoms with Crippen LogP contribution in [0.1, 0.15) is 54.2 Å². The van der Waals surface area contributed by atoms with E-state index in [2.05, 4.69) is 9.97 Å². The monoisotopic (exact) mass is 283 g/mol. The Morgan fingerprint density at radius 2 is 1.67 bits per heavy atom. The van der Waals surface area contributed by atoms with Gasteiger partial charge in [-0.05, 0) is 45.7 Å². The van der Waals surface area contributed by atoms with Crippen LogP contribution in [0.5, 0.6) is 0 Å². The van der Waals surface area contributed by atoms with E-state index < -0.39 is 0 Å². The summed E-state index contributed by atoms with van der Waals surface area (Å²) in [6, 6.07) is 3.94. The number of H-pyrrole nitrogens is 1. The zero-order chi connectivity index (χ0) is 15.0. The number of nitrogens with zero attached hydrogens (tertiary/aromatic N) is 2. The summed E-state index contributed by atoms with van der Waals surface area (Å²) in [6.45, 7) is 5.80. The predicted octanol–water partition coefficient (Wildman–Crippen LogP) is 3.41. The van der Waals surface area contributed by atoms with Crippen LogP contribution in [0.15, 0.2) is 16.9 Å². The molecule has 0 radical (unpaired) electrons. The van der Waals surface area contributed by atoms with E-state index in [1.165, 1.54) is 12.8 Å². The van der Waals surface area contributed by atoms with Crippen molar-refractivity contribution in [3.05, 3.63) is 45.1 Å². The maximum absolute atomic E-state index is 12.2. The quantitative estimate of drug-likeness (QED) is 0.918. The van der Waals surface area contributed by atoms with Crippen LogP contribution in [-0.4, -0.2) is 15.0 Å². The molecule has 110 valence electrons. The molecule has 0 bridgehead atoms. The molecule has 2 heterocycles. The number of hydrogen-bond acceptors (Lipinski definition) is 3. The lowest BCUT2D eigenvalue weighted by Gasteiger charge is -2.13. The lowest BCUT2D eigenvalue weighted by atomic mass is 10.00. The van der Waals surface area contributed by atoms with Crippen LogP contribution < -0.4 is 5.56 Å². The van der Waals surface area contributed by atoms with Gasteiger partial charge in [0.2, 0.25) is 0 Å². The van der Waals surface area contributed by atoms with Gasteiger partial charge in [-0.15, -0.1) is 0 Å². The fraction of sp³-hybridized carbons (Fsp3) is 0.471. The molecule has 4 nitrogen and oxygen atoms in total. The van der Waals surface area contributed by atoms with Crippen LogP contribution in [0.25, 0.3) is 11.4 Å². The first-order valence-corrected chi connectivity index (χ1v) is 7.61. The number of aryl methyl sites for hydroxylation is 2. The standard InChI is InChI=1S/C17H21N3O/c1-10-8-14(9-11(2)18-10)16-19-15(12(3)17(21)20-16)13-6-4-5-7-13/h8-9,13H,4-7H2,1-3H3,(H,19,20,21). The minimum absolute atomic E-state index is 0.0194. The molecule has 1 fully saturated rings. The smallest absolute Gasteiger partial charge is 0.254 e. The van der Waals surface area contributed by atoms with E-state index in [4.69, 9.17) is 4.98 Å². The molecule has 0 spiro atoms. The highest BCUT2D eigenvalue weighted by Gasteiger charge is 2.22. The molecule has 0 atom stereocenters. The Kier molecular flexibility index (Phi) is 3.62. The Balaban J connectivity index is 2.12. The molecule has 2 aromatic heterocycles. The van der Waals surface area contributed by atoms with Gasteiger partial charge < -0.3 is 4.98 Å². The second-order valence-electron chi connectivity index (χ2n) is 6.04. The molecule has 2 aromatic rings. The van der Waals surface area contributed by atoms with Crippen molar-refractivity contribution in [2.24, 2.45) is 0 Å². The van der Waals surface area contributed by atoms with E-state index >= 15 is 0 Å². The summed E-state index contributed by atoms with van der Waals surface area (Å²) in [5.74, 6) is 1.11. The van der Waals surface area contributed by atoms with Crippen LogP contribution in [-0.2, 0) is 0 Å². The molecule has 1 aliphatic carbocycles. The summed E-state index contributed by atoms with van der Waals surface area (Å²) in [7, 11) is 0. The van der Waals surface area contributed by atoms with Crippen LogP contribution in [0.2, 0.25) is 0 Å². The molecule has 0 aromatic carbocycles. The van der Waals surface area contributed by atoms with Crippen molar-refractivity contribution in [2.75, 3.05) is 0 Å². The Morgan fingerprint density at radius 3 is 2.29 bits per heavy atom. The number of rotatable bonds is 2. The van der Waals surface area contributed by atoms with Crippen molar-refractivity contribution in [2.45, 2.75) is 52.4 Å². The molecular formula is C17H21N3O. The van der Waals surface area contributed by atoms with E-state index in [-0.39, 0.29) is 5.56 Å². The lowest BCUT2D eigenvalue weighted by Crippen LogP contribution is -2.17. The fourth-order valence-corrected chi connectivity index (χ4v) is 3.25. The van der Waals surface area contributed by atoms with Gasteiger partial charge in [0.15, 0.2) is 0 Å². The first kappa shape index (κ1) is 14.0. The van der Waals surface area contributed by atoms with Crippen molar-refractivity contribution in [1.82, 2.24) is 15.0 Å². The second kappa shape index (κ2) is 5.43. The van der Waals surface area contributed by atoms with Crippen molar-refractivity contribution in [3.8, 4) is 11.4 Å². The molecule has 4 heteroatoms. The maximum atomic E-state index is 12.2.